The van der Waals surface area contributed by atoms with E-state index in [0.29, 0.717) is 0 Å². The molecule has 0 fully saturated rings. The summed E-state index contributed by atoms with van der Waals surface area (Å²) in [6, 6.07) is 28.5. The minimum atomic E-state index is 0.803. The van der Waals surface area contributed by atoms with Gasteiger partial charge >= 0.3 is 0 Å². The first-order chi connectivity index (χ1) is 14.5. The Bertz CT molecular complexity index is 1100. The molecule has 0 aliphatic rings. The van der Waals surface area contributed by atoms with Gasteiger partial charge in [0.25, 0.3) is 0 Å². The molecule has 2 heteroatoms. The number of para-hydroxylation sites is 2. The lowest BCUT2D eigenvalue weighted by atomic mass is 10.0. The van der Waals surface area contributed by atoms with Crippen LogP contribution >= 0.6 is 0 Å². The van der Waals surface area contributed by atoms with Gasteiger partial charge in [0.1, 0.15) is 23.0 Å². The summed E-state index contributed by atoms with van der Waals surface area (Å²) < 4.78 is 12.6. The van der Waals surface area contributed by atoms with Crippen molar-refractivity contribution in [3.8, 4) is 34.1 Å². The normalized spacial score (nSPS) is 10.7. The average Bonchev–Trinajstić information content (AvgIpc) is 2.74. The van der Waals surface area contributed by atoms with Gasteiger partial charge in [-0.15, -0.1) is 0 Å². The summed E-state index contributed by atoms with van der Waals surface area (Å²) in [7, 11) is 0. The second-order valence-corrected chi connectivity index (χ2v) is 7.69. The van der Waals surface area contributed by atoms with Crippen molar-refractivity contribution in [1.82, 2.24) is 0 Å². The third-order valence-corrected chi connectivity index (χ3v) is 5.48. The predicted molar refractivity (Wildman–Crippen MR) is 124 cm³/mol. The highest BCUT2D eigenvalue weighted by atomic mass is 16.5. The van der Waals surface area contributed by atoms with E-state index in [1.165, 1.54) is 22.3 Å². The molecule has 0 unspecified atom stereocenters. The third-order valence-electron chi connectivity index (χ3n) is 5.48. The second-order valence-electron chi connectivity index (χ2n) is 7.69. The molecule has 0 heterocycles. The van der Waals surface area contributed by atoms with Crippen molar-refractivity contribution in [2.75, 3.05) is 0 Å². The smallest absolute Gasteiger partial charge is 0.135 e. The molecule has 0 saturated heterocycles. The van der Waals surface area contributed by atoms with Crippen LogP contribution in [0.2, 0.25) is 0 Å². The molecule has 150 valence electrons. The molecule has 0 radical (unpaired) electrons. The van der Waals surface area contributed by atoms with Crippen molar-refractivity contribution in [3.05, 3.63) is 107 Å². The molecule has 0 amide bonds. The highest BCUT2D eigenvalue weighted by molar-refractivity contribution is 5.76. The van der Waals surface area contributed by atoms with Crippen LogP contribution in [0.3, 0.4) is 0 Å². The van der Waals surface area contributed by atoms with Crippen molar-refractivity contribution in [2.24, 2.45) is 0 Å². The van der Waals surface area contributed by atoms with E-state index < -0.39 is 0 Å². The topological polar surface area (TPSA) is 18.5 Å². The molecule has 0 saturated carbocycles. The van der Waals surface area contributed by atoms with E-state index >= 15 is 0 Å². The van der Waals surface area contributed by atoms with Gasteiger partial charge in [-0.25, -0.2) is 0 Å². The van der Waals surface area contributed by atoms with Crippen molar-refractivity contribution in [3.63, 3.8) is 0 Å². The predicted octanol–water partition coefficient (Wildman–Crippen LogP) is 8.17. The summed E-state index contributed by atoms with van der Waals surface area (Å²) in [5, 5.41) is 0. The molecule has 2 nitrogen and oxygen atoms in total. The Morgan fingerprint density at radius 3 is 1.23 bits per heavy atom. The summed E-state index contributed by atoms with van der Waals surface area (Å²) in [5.41, 5.74) is 6.92. The zero-order chi connectivity index (χ0) is 21.1. The highest BCUT2D eigenvalue weighted by Crippen LogP contribution is 2.40. The molecule has 0 atom stereocenters. The Labute approximate surface area is 178 Å². The summed E-state index contributed by atoms with van der Waals surface area (Å²) in [6.45, 7) is 8.41. The average molecular weight is 395 g/mol. The Balaban J connectivity index is 1.71. The molecular formula is C28H26O2. The number of ether oxygens (including phenoxy) is 2. The molecule has 4 aromatic rings. The number of hydrogen-bond donors (Lipinski definition) is 0. The quantitative estimate of drug-likeness (QED) is 0.340. The summed E-state index contributed by atoms with van der Waals surface area (Å²) >= 11 is 0. The molecule has 4 aromatic carbocycles. The Morgan fingerprint density at radius 2 is 0.833 bits per heavy atom. The maximum atomic E-state index is 6.28. The number of hydrogen-bond acceptors (Lipinski definition) is 2. The monoisotopic (exact) mass is 394 g/mol. The standard InChI is InChI=1S/C28H26O2/c1-19-13-15-23(17-21(19)3)29-27-11-7-5-9-25(27)26-10-6-8-12-28(26)30-24-16-14-20(2)22(4)18-24/h5-18H,1-4H3. The van der Waals surface area contributed by atoms with Crippen LogP contribution in [-0.2, 0) is 0 Å². The van der Waals surface area contributed by atoms with E-state index in [1.54, 1.807) is 0 Å². The van der Waals surface area contributed by atoms with E-state index in [1.807, 2.05) is 48.5 Å². The highest BCUT2D eigenvalue weighted by Gasteiger charge is 2.13. The minimum absolute atomic E-state index is 0.803. The van der Waals surface area contributed by atoms with Crippen LogP contribution in [0.5, 0.6) is 23.0 Å². The van der Waals surface area contributed by atoms with Gasteiger partial charge in [-0.2, -0.15) is 0 Å². The zero-order valence-electron chi connectivity index (χ0n) is 17.9. The largest absolute Gasteiger partial charge is 0.457 e. The van der Waals surface area contributed by atoms with E-state index in [9.17, 15) is 0 Å². The van der Waals surface area contributed by atoms with E-state index in [-0.39, 0.29) is 0 Å². The van der Waals surface area contributed by atoms with Gasteiger partial charge in [-0.3, -0.25) is 0 Å². The summed E-state index contributed by atoms with van der Waals surface area (Å²) in [6.07, 6.45) is 0. The molecular weight excluding hydrogens is 368 g/mol. The second kappa shape index (κ2) is 8.46. The van der Waals surface area contributed by atoms with Crippen molar-refractivity contribution in [2.45, 2.75) is 27.7 Å². The lowest BCUT2D eigenvalue weighted by Gasteiger charge is -2.16. The number of benzene rings is 4. The molecule has 30 heavy (non-hydrogen) atoms. The van der Waals surface area contributed by atoms with Crippen molar-refractivity contribution >= 4 is 0 Å². The molecule has 0 aliphatic carbocycles. The number of aryl methyl sites for hydroxylation is 4. The van der Waals surface area contributed by atoms with E-state index in [2.05, 4.69) is 64.1 Å². The fourth-order valence-electron chi connectivity index (χ4n) is 3.37. The van der Waals surface area contributed by atoms with Gasteiger partial charge in [0, 0.05) is 11.1 Å². The summed E-state index contributed by atoms with van der Waals surface area (Å²) in [5.74, 6) is 3.27. The van der Waals surface area contributed by atoms with Crippen LogP contribution in [0.15, 0.2) is 84.9 Å². The lowest BCUT2D eigenvalue weighted by molar-refractivity contribution is 0.477. The van der Waals surface area contributed by atoms with Gasteiger partial charge in [-0.05, 0) is 86.3 Å². The first-order valence-electron chi connectivity index (χ1n) is 10.2. The van der Waals surface area contributed by atoms with Crippen LogP contribution in [0, 0.1) is 27.7 Å². The van der Waals surface area contributed by atoms with Crippen LogP contribution in [0.4, 0.5) is 0 Å². The SMILES string of the molecule is Cc1ccc(Oc2ccccc2-c2ccccc2Oc2ccc(C)c(C)c2)cc1C. The first kappa shape index (κ1) is 19.8. The molecule has 0 spiro atoms. The van der Waals surface area contributed by atoms with Gasteiger partial charge in [0.05, 0.1) is 0 Å². The van der Waals surface area contributed by atoms with Crippen LogP contribution in [0.25, 0.3) is 11.1 Å². The van der Waals surface area contributed by atoms with Gasteiger partial charge < -0.3 is 9.47 Å². The van der Waals surface area contributed by atoms with E-state index in [0.717, 1.165) is 34.1 Å². The number of rotatable bonds is 5. The lowest BCUT2D eigenvalue weighted by Crippen LogP contribution is -1.93. The zero-order valence-corrected chi connectivity index (χ0v) is 17.9. The minimum Gasteiger partial charge on any atom is -0.457 e. The summed E-state index contributed by atoms with van der Waals surface area (Å²) in [4.78, 5) is 0. The maximum absolute atomic E-state index is 6.28. The molecule has 0 aliphatic heterocycles. The fraction of sp³-hybridized carbons (Fsp3) is 0.143. The van der Waals surface area contributed by atoms with Gasteiger partial charge in [0.2, 0.25) is 0 Å². The van der Waals surface area contributed by atoms with Crippen molar-refractivity contribution < 1.29 is 9.47 Å². The van der Waals surface area contributed by atoms with Crippen LogP contribution in [-0.4, -0.2) is 0 Å². The van der Waals surface area contributed by atoms with Gasteiger partial charge in [-0.1, -0.05) is 48.5 Å². The molecule has 4 rings (SSSR count). The Kier molecular flexibility index (Phi) is 5.58. The Hall–Kier alpha value is -3.52. The maximum Gasteiger partial charge on any atom is 0.135 e. The van der Waals surface area contributed by atoms with Crippen LogP contribution < -0.4 is 9.47 Å². The van der Waals surface area contributed by atoms with Gasteiger partial charge in [0.15, 0.2) is 0 Å². The molecule has 0 N–H and O–H groups in total. The fourth-order valence-corrected chi connectivity index (χ4v) is 3.37. The Morgan fingerprint density at radius 1 is 0.433 bits per heavy atom. The van der Waals surface area contributed by atoms with Crippen LogP contribution in [0.1, 0.15) is 22.3 Å². The van der Waals surface area contributed by atoms with Crippen molar-refractivity contribution in [1.29, 1.82) is 0 Å². The molecule has 0 aromatic heterocycles. The molecule has 0 bridgehead atoms. The third kappa shape index (κ3) is 4.23. The van der Waals surface area contributed by atoms with E-state index in [4.69, 9.17) is 9.47 Å². The first-order valence-corrected chi connectivity index (χ1v) is 10.2.